The van der Waals surface area contributed by atoms with Gasteiger partial charge in [0.25, 0.3) is 0 Å². The minimum absolute atomic E-state index is 0. The Morgan fingerprint density at radius 3 is 3.21 bits per heavy atom. The summed E-state index contributed by atoms with van der Waals surface area (Å²) in [6.07, 6.45) is 9.07. The SMILES string of the molecule is O=C(CCCC1CCOC1)Cc1sc2c(c1-c1nc3cnccc3s1)CCNC2.[HH]. The number of thiazole rings is 1. The summed E-state index contributed by atoms with van der Waals surface area (Å²) in [6.45, 7) is 3.64. The van der Waals surface area contributed by atoms with Crippen molar-refractivity contribution >= 4 is 38.7 Å². The third-order valence-electron chi connectivity index (χ3n) is 5.85. The number of aromatic nitrogens is 2. The normalized spacial score (nSPS) is 19.0. The van der Waals surface area contributed by atoms with Gasteiger partial charge >= 0.3 is 0 Å². The van der Waals surface area contributed by atoms with Crippen molar-refractivity contribution in [2.24, 2.45) is 5.92 Å². The first kappa shape index (κ1) is 19.3. The summed E-state index contributed by atoms with van der Waals surface area (Å²) in [4.78, 5) is 24.4. The molecule has 5 heterocycles. The molecule has 0 aliphatic carbocycles. The molecule has 7 heteroatoms. The minimum atomic E-state index is 0. The molecule has 1 fully saturated rings. The molecule has 5 rings (SSSR count). The predicted molar refractivity (Wildman–Crippen MR) is 120 cm³/mol. The largest absolute Gasteiger partial charge is 0.381 e. The van der Waals surface area contributed by atoms with Crippen LogP contribution in [0.15, 0.2) is 18.5 Å². The van der Waals surface area contributed by atoms with Crippen molar-refractivity contribution in [3.63, 3.8) is 0 Å². The lowest BCUT2D eigenvalue weighted by Gasteiger charge is -2.13. The van der Waals surface area contributed by atoms with Gasteiger partial charge in [-0.3, -0.25) is 9.78 Å². The molecule has 0 saturated carbocycles. The van der Waals surface area contributed by atoms with Crippen molar-refractivity contribution < 1.29 is 11.0 Å². The van der Waals surface area contributed by atoms with Crippen molar-refractivity contribution in [2.75, 3.05) is 19.8 Å². The molecule has 2 aliphatic heterocycles. The topological polar surface area (TPSA) is 64.1 Å². The molecule has 0 spiro atoms. The van der Waals surface area contributed by atoms with Crippen LogP contribution in [0.4, 0.5) is 0 Å². The highest BCUT2D eigenvalue weighted by Gasteiger charge is 2.25. The number of ether oxygens (including phenoxy) is 1. The monoisotopic (exact) mass is 429 g/mol. The van der Waals surface area contributed by atoms with Gasteiger partial charge in [0.05, 0.1) is 10.9 Å². The predicted octanol–water partition coefficient (Wildman–Crippen LogP) is 4.63. The van der Waals surface area contributed by atoms with Crippen LogP contribution in [0, 0.1) is 5.92 Å². The fraction of sp³-hybridized carbons (Fsp3) is 0.500. The van der Waals surface area contributed by atoms with Crippen molar-refractivity contribution in [3.05, 3.63) is 33.8 Å². The number of hydrogen-bond acceptors (Lipinski definition) is 7. The van der Waals surface area contributed by atoms with Crippen LogP contribution in [0.5, 0.6) is 0 Å². The molecule has 29 heavy (non-hydrogen) atoms. The number of carbonyl (C=O) groups is 1. The van der Waals surface area contributed by atoms with Gasteiger partial charge in [-0.1, -0.05) is 0 Å². The van der Waals surface area contributed by atoms with Crippen molar-refractivity contribution in [3.8, 4) is 10.6 Å². The van der Waals surface area contributed by atoms with Gasteiger partial charge < -0.3 is 10.1 Å². The first-order chi connectivity index (χ1) is 14.3. The molecule has 0 aromatic carbocycles. The quantitative estimate of drug-likeness (QED) is 0.593. The summed E-state index contributed by atoms with van der Waals surface area (Å²) in [5, 5.41) is 4.51. The van der Waals surface area contributed by atoms with Gasteiger partial charge in [0.15, 0.2) is 0 Å². The maximum atomic E-state index is 12.8. The molecule has 154 valence electrons. The van der Waals surface area contributed by atoms with E-state index in [0.717, 1.165) is 67.2 Å². The molecular formula is C22H27N3O2S2. The Bertz CT molecular complexity index is 994. The van der Waals surface area contributed by atoms with Crippen molar-refractivity contribution in [2.45, 2.75) is 45.1 Å². The molecule has 1 atom stereocenters. The summed E-state index contributed by atoms with van der Waals surface area (Å²) in [6, 6.07) is 2.02. The van der Waals surface area contributed by atoms with E-state index in [1.807, 2.05) is 18.5 Å². The third kappa shape index (κ3) is 4.14. The zero-order valence-electron chi connectivity index (χ0n) is 16.4. The van der Waals surface area contributed by atoms with Gasteiger partial charge in [0.1, 0.15) is 16.3 Å². The average molecular weight is 430 g/mol. The fourth-order valence-electron chi connectivity index (χ4n) is 4.32. The standard InChI is InChI=1S/C22H25N3O2S2.H2/c26-15(3-1-2-14-6-9-27-13-14)10-19-21(16-4-7-24-12-20(16)28-19)22-25-17-11-23-8-5-18(17)29-22;/h5,8,11,14,24H,1-4,6-7,9-10,12-13H2;1H. The number of pyridine rings is 1. The molecule has 5 nitrogen and oxygen atoms in total. The summed E-state index contributed by atoms with van der Waals surface area (Å²) >= 11 is 3.52. The van der Waals surface area contributed by atoms with E-state index in [1.165, 1.54) is 20.9 Å². The Morgan fingerprint density at radius 1 is 1.38 bits per heavy atom. The molecule has 2 aliphatic rings. The van der Waals surface area contributed by atoms with E-state index >= 15 is 0 Å². The van der Waals surface area contributed by atoms with Gasteiger partial charge in [0, 0.05) is 55.5 Å². The first-order valence-electron chi connectivity index (χ1n) is 10.4. The van der Waals surface area contributed by atoms with Crippen LogP contribution in [-0.4, -0.2) is 35.5 Å². The van der Waals surface area contributed by atoms with Crippen molar-refractivity contribution in [1.29, 1.82) is 0 Å². The molecule has 0 amide bonds. The van der Waals surface area contributed by atoms with Gasteiger partial charge in [0.2, 0.25) is 0 Å². The Hall–Kier alpha value is -1.67. The molecule has 0 bridgehead atoms. The van der Waals surface area contributed by atoms with E-state index < -0.39 is 0 Å². The highest BCUT2D eigenvalue weighted by Crippen LogP contribution is 2.41. The molecule has 1 N–H and O–H groups in total. The Balaban J connectivity index is 0.00000218. The van der Waals surface area contributed by atoms with Crippen molar-refractivity contribution in [1.82, 2.24) is 15.3 Å². The van der Waals surface area contributed by atoms with Crippen LogP contribution in [0.3, 0.4) is 0 Å². The first-order valence-corrected chi connectivity index (χ1v) is 12.1. The zero-order valence-corrected chi connectivity index (χ0v) is 18.0. The van der Waals surface area contributed by atoms with E-state index in [1.54, 1.807) is 22.7 Å². The van der Waals surface area contributed by atoms with Gasteiger partial charge in [-0.15, -0.1) is 22.7 Å². The second-order valence-corrected chi connectivity index (χ2v) is 10.1. The maximum absolute atomic E-state index is 12.8. The van der Waals surface area contributed by atoms with E-state index in [2.05, 4.69) is 10.3 Å². The Kier molecular flexibility index (Phi) is 5.72. The summed E-state index contributed by atoms with van der Waals surface area (Å²) in [7, 11) is 0. The molecule has 0 radical (unpaired) electrons. The van der Waals surface area contributed by atoms with Crippen LogP contribution in [0.25, 0.3) is 20.8 Å². The number of rotatable bonds is 7. The van der Waals surface area contributed by atoms with E-state index in [-0.39, 0.29) is 1.43 Å². The maximum Gasteiger partial charge on any atom is 0.138 e. The number of thiophene rings is 1. The van der Waals surface area contributed by atoms with Crippen LogP contribution in [-0.2, 0) is 28.9 Å². The van der Waals surface area contributed by atoms with Crippen LogP contribution < -0.4 is 5.32 Å². The average Bonchev–Trinajstić information content (AvgIpc) is 3.45. The van der Waals surface area contributed by atoms with E-state index in [9.17, 15) is 4.79 Å². The molecular weight excluding hydrogens is 402 g/mol. The Labute approximate surface area is 180 Å². The lowest BCUT2D eigenvalue weighted by atomic mass is 9.98. The number of ketones is 1. The number of hydrogen-bond donors (Lipinski definition) is 1. The second kappa shape index (κ2) is 8.60. The fourth-order valence-corrected chi connectivity index (χ4v) is 6.77. The number of carbonyl (C=O) groups excluding carboxylic acids is 1. The Morgan fingerprint density at radius 2 is 2.34 bits per heavy atom. The number of nitrogens with one attached hydrogen (secondary N) is 1. The summed E-state index contributed by atoms with van der Waals surface area (Å²) in [5.74, 6) is 0.995. The highest BCUT2D eigenvalue weighted by molar-refractivity contribution is 7.22. The summed E-state index contributed by atoms with van der Waals surface area (Å²) in [5.41, 5.74) is 3.56. The smallest absolute Gasteiger partial charge is 0.138 e. The highest BCUT2D eigenvalue weighted by atomic mass is 32.1. The minimum Gasteiger partial charge on any atom is -0.381 e. The van der Waals surface area contributed by atoms with Gasteiger partial charge in [-0.2, -0.15) is 0 Å². The van der Waals surface area contributed by atoms with Crippen LogP contribution in [0.2, 0.25) is 0 Å². The van der Waals surface area contributed by atoms with Gasteiger partial charge in [-0.05, 0) is 49.8 Å². The summed E-state index contributed by atoms with van der Waals surface area (Å²) < 4.78 is 6.60. The zero-order chi connectivity index (χ0) is 19.6. The molecule has 3 aromatic rings. The molecule has 3 aromatic heterocycles. The molecule has 1 saturated heterocycles. The van der Waals surface area contributed by atoms with Gasteiger partial charge in [-0.25, -0.2) is 4.98 Å². The molecule has 1 unspecified atom stereocenters. The number of fused-ring (bicyclic) bond motifs is 2. The lowest BCUT2D eigenvalue weighted by molar-refractivity contribution is -0.118. The van der Waals surface area contributed by atoms with E-state index in [0.29, 0.717) is 24.5 Å². The second-order valence-electron chi connectivity index (χ2n) is 7.93. The van der Waals surface area contributed by atoms with Crippen LogP contribution >= 0.6 is 22.7 Å². The van der Waals surface area contributed by atoms with E-state index in [4.69, 9.17) is 9.72 Å². The third-order valence-corrected chi connectivity index (χ3v) is 8.14. The number of nitrogens with zero attached hydrogens (tertiary/aromatic N) is 2. The van der Waals surface area contributed by atoms with Crippen LogP contribution in [0.1, 0.15) is 42.4 Å². The lowest BCUT2D eigenvalue weighted by Crippen LogP contribution is -2.22. The number of Topliss-reactive ketones (excluding diaryl/α,β-unsaturated/α-hetero) is 1.